The lowest BCUT2D eigenvalue weighted by molar-refractivity contribution is 0.0967. The monoisotopic (exact) mass is 330 g/mol. The molecule has 5 heteroatoms. The smallest absolute Gasteiger partial charge is 0.308 e. The fraction of sp³-hybridized carbons (Fsp3) is 0.222. The first-order valence-electron chi connectivity index (χ1n) is 7.25. The number of urea groups is 1. The van der Waals surface area contributed by atoms with E-state index >= 15 is 0 Å². The number of nitrogens with one attached hydrogen (secondary N) is 2. The van der Waals surface area contributed by atoms with Gasteiger partial charge in [0, 0.05) is 5.69 Å². The Hall–Kier alpha value is -2.33. The van der Waals surface area contributed by atoms with Crippen molar-refractivity contribution in [1.29, 1.82) is 0 Å². The van der Waals surface area contributed by atoms with Gasteiger partial charge in [0.25, 0.3) is 5.91 Å². The summed E-state index contributed by atoms with van der Waals surface area (Å²) in [6.07, 6.45) is 0. The second-order valence-corrected chi connectivity index (χ2v) is 6.62. The Morgan fingerprint density at radius 2 is 1.57 bits per heavy atom. The molecule has 0 fully saturated rings. The van der Waals surface area contributed by atoms with Crippen LogP contribution in [0.15, 0.2) is 48.5 Å². The zero-order valence-electron chi connectivity index (χ0n) is 13.3. The highest BCUT2D eigenvalue weighted by atomic mass is 35.5. The molecule has 0 aliphatic heterocycles. The number of benzene rings is 2. The first kappa shape index (κ1) is 17.0. The number of carbonyl (C=O) groups excluding carboxylic acids is 2. The van der Waals surface area contributed by atoms with Crippen LogP contribution >= 0.6 is 11.6 Å². The van der Waals surface area contributed by atoms with Crippen molar-refractivity contribution in [3.05, 3.63) is 64.7 Å². The molecule has 0 atom stereocenters. The molecule has 3 amide bonds. The summed E-state index contributed by atoms with van der Waals surface area (Å²) in [5, 5.41) is 5.18. The van der Waals surface area contributed by atoms with E-state index in [1.165, 1.54) is 0 Å². The third-order valence-corrected chi connectivity index (χ3v) is 3.68. The van der Waals surface area contributed by atoms with Crippen molar-refractivity contribution < 1.29 is 9.59 Å². The van der Waals surface area contributed by atoms with Gasteiger partial charge in [-0.2, -0.15) is 0 Å². The van der Waals surface area contributed by atoms with Gasteiger partial charge in [0.2, 0.25) is 0 Å². The van der Waals surface area contributed by atoms with Crippen LogP contribution in [0.4, 0.5) is 10.5 Å². The average Bonchev–Trinajstić information content (AvgIpc) is 2.47. The highest BCUT2D eigenvalue weighted by molar-refractivity contribution is 6.34. The molecule has 0 unspecified atom stereocenters. The van der Waals surface area contributed by atoms with Crippen molar-refractivity contribution in [3.8, 4) is 0 Å². The number of rotatable bonds is 2. The van der Waals surface area contributed by atoms with E-state index in [1.54, 1.807) is 36.4 Å². The Balaban J connectivity index is 2.00. The second-order valence-electron chi connectivity index (χ2n) is 6.22. The number of amides is 3. The number of carbonyl (C=O) groups is 2. The first-order chi connectivity index (χ1) is 10.8. The summed E-state index contributed by atoms with van der Waals surface area (Å²) >= 11 is 5.93. The maximum absolute atomic E-state index is 12.0. The van der Waals surface area contributed by atoms with E-state index in [0.29, 0.717) is 10.7 Å². The summed E-state index contributed by atoms with van der Waals surface area (Å²) in [7, 11) is 0. The van der Waals surface area contributed by atoms with E-state index in [2.05, 4.69) is 31.4 Å². The fourth-order valence-corrected chi connectivity index (χ4v) is 2.25. The normalized spacial score (nSPS) is 11.0. The topological polar surface area (TPSA) is 58.2 Å². The van der Waals surface area contributed by atoms with Crippen LogP contribution in [0.25, 0.3) is 0 Å². The zero-order valence-corrected chi connectivity index (χ0v) is 14.1. The highest BCUT2D eigenvalue weighted by Gasteiger charge is 2.15. The molecule has 4 nitrogen and oxygen atoms in total. The molecule has 0 aromatic heterocycles. The van der Waals surface area contributed by atoms with Crippen molar-refractivity contribution in [2.24, 2.45) is 0 Å². The molecule has 120 valence electrons. The van der Waals surface area contributed by atoms with E-state index < -0.39 is 11.9 Å². The molecular formula is C18H19ClN2O2. The summed E-state index contributed by atoms with van der Waals surface area (Å²) in [5.41, 5.74) is 2.08. The van der Waals surface area contributed by atoms with E-state index in [4.69, 9.17) is 11.6 Å². The first-order valence-corrected chi connectivity index (χ1v) is 7.62. The van der Waals surface area contributed by atoms with Crippen LogP contribution in [0, 0.1) is 0 Å². The van der Waals surface area contributed by atoms with Gasteiger partial charge >= 0.3 is 6.03 Å². The van der Waals surface area contributed by atoms with Crippen LogP contribution < -0.4 is 10.6 Å². The SMILES string of the molecule is CC(C)(C)c1ccc(NC(=O)NC(=O)c2ccccc2Cl)cc1. The van der Waals surface area contributed by atoms with Crippen LogP contribution in [0.1, 0.15) is 36.7 Å². The van der Waals surface area contributed by atoms with Gasteiger partial charge in [-0.15, -0.1) is 0 Å². The molecule has 0 aliphatic rings. The quantitative estimate of drug-likeness (QED) is 0.845. The van der Waals surface area contributed by atoms with Gasteiger partial charge in [-0.1, -0.05) is 56.6 Å². The molecule has 2 aromatic carbocycles. The van der Waals surface area contributed by atoms with Crippen molar-refractivity contribution in [2.75, 3.05) is 5.32 Å². The summed E-state index contributed by atoms with van der Waals surface area (Å²) in [6, 6.07) is 13.5. The standard InChI is InChI=1S/C18H19ClN2O2/c1-18(2,3)12-8-10-13(11-9-12)20-17(23)21-16(22)14-6-4-5-7-15(14)19/h4-11H,1-3H3,(H2,20,21,22,23). The highest BCUT2D eigenvalue weighted by Crippen LogP contribution is 2.23. The lowest BCUT2D eigenvalue weighted by atomic mass is 9.87. The van der Waals surface area contributed by atoms with Crippen LogP contribution in [-0.4, -0.2) is 11.9 Å². The van der Waals surface area contributed by atoms with Crippen molar-refractivity contribution >= 4 is 29.2 Å². The minimum atomic E-state index is -0.599. The Morgan fingerprint density at radius 1 is 0.957 bits per heavy atom. The minimum absolute atomic E-state index is 0.0425. The third kappa shape index (κ3) is 4.57. The summed E-state index contributed by atoms with van der Waals surface area (Å²) < 4.78 is 0. The van der Waals surface area contributed by atoms with Gasteiger partial charge < -0.3 is 5.32 Å². The fourth-order valence-electron chi connectivity index (χ4n) is 2.03. The van der Waals surface area contributed by atoms with Gasteiger partial charge in [0.15, 0.2) is 0 Å². The Kier molecular flexibility index (Phi) is 5.06. The number of hydrogen-bond acceptors (Lipinski definition) is 2. The molecule has 0 spiro atoms. The summed E-state index contributed by atoms with van der Waals surface area (Å²) in [5.74, 6) is -0.542. The molecular weight excluding hydrogens is 312 g/mol. The predicted molar refractivity (Wildman–Crippen MR) is 93.1 cm³/mol. The summed E-state index contributed by atoms with van der Waals surface area (Å²) in [4.78, 5) is 23.9. The minimum Gasteiger partial charge on any atom is -0.308 e. The molecule has 2 N–H and O–H groups in total. The largest absolute Gasteiger partial charge is 0.326 e. The molecule has 2 aromatic rings. The van der Waals surface area contributed by atoms with Crippen LogP contribution in [0.5, 0.6) is 0 Å². The Bertz CT molecular complexity index is 719. The molecule has 0 bridgehead atoms. The molecule has 0 radical (unpaired) electrons. The zero-order chi connectivity index (χ0) is 17.0. The summed E-state index contributed by atoms with van der Waals surface area (Å²) in [6.45, 7) is 6.35. The number of halogens is 1. The number of hydrogen-bond donors (Lipinski definition) is 2. The predicted octanol–water partition coefficient (Wildman–Crippen LogP) is 4.60. The van der Waals surface area contributed by atoms with Gasteiger partial charge in [-0.3, -0.25) is 10.1 Å². The molecule has 0 saturated carbocycles. The van der Waals surface area contributed by atoms with Gasteiger partial charge in [0.1, 0.15) is 0 Å². The average molecular weight is 331 g/mol. The maximum Gasteiger partial charge on any atom is 0.326 e. The maximum atomic E-state index is 12.0. The van der Waals surface area contributed by atoms with E-state index in [0.717, 1.165) is 5.56 Å². The Morgan fingerprint density at radius 3 is 2.13 bits per heavy atom. The van der Waals surface area contributed by atoms with Gasteiger partial charge in [0.05, 0.1) is 10.6 Å². The number of anilines is 1. The third-order valence-electron chi connectivity index (χ3n) is 3.35. The van der Waals surface area contributed by atoms with E-state index in [-0.39, 0.29) is 11.0 Å². The van der Waals surface area contributed by atoms with Gasteiger partial charge in [-0.25, -0.2) is 4.79 Å². The lowest BCUT2D eigenvalue weighted by Gasteiger charge is -2.19. The van der Waals surface area contributed by atoms with Gasteiger partial charge in [-0.05, 0) is 35.2 Å². The molecule has 23 heavy (non-hydrogen) atoms. The van der Waals surface area contributed by atoms with Crippen molar-refractivity contribution in [2.45, 2.75) is 26.2 Å². The lowest BCUT2D eigenvalue weighted by Crippen LogP contribution is -2.34. The molecule has 2 rings (SSSR count). The van der Waals surface area contributed by atoms with E-state index in [1.807, 2.05) is 12.1 Å². The molecule has 0 aliphatic carbocycles. The van der Waals surface area contributed by atoms with Crippen molar-refractivity contribution in [3.63, 3.8) is 0 Å². The number of imide groups is 1. The molecule has 0 heterocycles. The van der Waals surface area contributed by atoms with Crippen LogP contribution in [0.3, 0.4) is 0 Å². The van der Waals surface area contributed by atoms with Crippen molar-refractivity contribution in [1.82, 2.24) is 5.32 Å². The van der Waals surface area contributed by atoms with Crippen LogP contribution in [0.2, 0.25) is 5.02 Å². The van der Waals surface area contributed by atoms with E-state index in [9.17, 15) is 9.59 Å². The Labute approximate surface area is 140 Å². The molecule has 0 saturated heterocycles. The second kappa shape index (κ2) is 6.84. The van der Waals surface area contributed by atoms with Crippen LogP contribution in [-0.2, 0) is 5.41 Å².